The van der Waals surface area contributed by atoms with Gasteiger partial charge in [-0.2, -0.15) is 5.10 Å². The summed E-state index contributed by atoms with van der Waals surface area (Å²) in [5.41, 5.74) is 5.70. The van der Waals surface area contributed by atoms with Crippen LogP contribution in [0.5, 0.6) is 5.88 Å². The van der Waals surface area contributed by atoms with E-state index >= 15 is 0 Å². The van der Waals surface area contributed by atoms with Crippen molar-refractivity contribution in [2.75, 3.05) is 11.9 Å². The standard InChI is InChI=1S/C22H26N6O3S/c23-32(30,16-10-24-28-11-21(6-7-21)12-31-19(16)28)27-20(29)26-17-13-2-1-3-15(13)25-18-14(17)4-5-22(18)8-9-22/h10H,1-9,11-12H2,(H3,23,25,26,27,29,30). The summed E-state index contributed by atoms with van der Waals surface area (Å²) in [5.74, 6) is 0.368. The summed E-state index contributed by atoms with van der Waals surface area (Å²) < 4.78 is 24.7. The molecule has 5 aliphatic rings. The number of anilines is 1. The fourth-order valence-electron chi connectivity index (χ4n) is 5.76. The molecule has 3 heterocycles. The molecule has 1 unspecified atom stereocenters. The van der Waals surface area contributed by atoms with Crippen molar-refractivity contribution in [1.29, 1.82) is 0 Å². The molecule has 2 aromatic heterocycles. The van der Waals surface area contributed by atoms with E-state index in [1.165, 1.54) is 19.0 Å². The highest BCUT2D eigenvalue weighted by molar-refractivity contribution is 7.91. The lowest BCUT2D eigenvalue weighted by molar-refractivity contribution is 0.144. The summed E-state index contributed by atoms with van der Waals surface area (Å²) in [6.45, 7) is 1.28. The molecule has 2 saturated carbocycles. The Morgan fingerprint density at radius 1 is 1.19 bits per heavy atom. The number of aryl methyl sites for hydroxylation is 1. The Hall–Kier alpha value is -2.46. The van der Waals surface area contributed by atoms with Crippen LogP contribution in [0.4, 0.5) is 10.5 Å². The Morgan fingerprint density at radius 2 is 2.03 bits per heavy atom. The first-order valence-electron chi connectivity index (χ1n) is 11.5. The molecule has 0 aromatic carbocycles. The average molecular weight is 455 g/mol. The van der Waals surface area contributed by atoms with E-state index in [2.05, 4.69) is 14.8 Å². The normalized spacial score (nSPS) is 24.3. The van der Waals surface area contributed by atoms with Crippen LogP contribution in [-0.2, 0) is 41.1 Å². The minimum atomic E-state index is -3.49. The number of nitrogens with two attached hydrogens (primary N) is 1. The largest absolute Gasteiger partial charge is 0.476 e. The zero-order valence-electron chi connectivity index (χ0n) is 17.9. The number of aromatic nitrogens is 3. The number of carbonyl (C=O) groups excluding carboxylic acids is 1. The van der Waals surface area contributed by atoms with E-state index < -0.39 is 15.9 Å². The Balaban J connectivity index is 1.22. The fraction of sp³-hybridized carbons (Fsp3) is 0.591. The number of rotatable bonds is 2. The van der Waals surface area contributed by atoms with E-state index in [0.717, 1.165) is 79.7 Å². The van der Waals surface area contributed by atoms with Crippen LogP contribution < -0.4 is 15.2 Å². The van der Waals surface area contributed by atoms with Crippen molar-refractivity contribution in [2.24, 2.45) is 14.9 Å². The van der Waals surface area contributed by atoms with E-state index in [1.807, 2.05) is 0 Å². The topological polar surface area (TPSA) is 124 Å². The van der Waals surface area contributed by atoms with Gasteiger partial charge in [-0.15, -0.1) is 4.36 Å². The molecule has 0 saturated heterocycles. The number of urea groups is 1. The van der Waals surface area contributed by atoms with Gasteiger partial charge in [-0.1, -0.05) is 0 Å². The van der Waals surface area contributed by atoms with Gasteiger partial charge >= 0.3 is 6.03 Å². The van der Waals surface area contributed by atoms with Crippen LogP contribution in [-0.4, -0.2) is 31.6 Å². The molecule has 2 fully saturated rings. The molecule has 10 heteroatoms. The number of carbonyl (C=O) groups is 1. The predicted molar refractivity (Wildman–Crippen MR) is 117 cm³/mol. The number of nitrogens with one attached hydrogen (secondary N) is 1. The summed E-state index contributed by atoms with van der Waals surface area (Å²) >= 11 is 0. The molecule has 3 N–H and O–H groups in total. The third kappa shape index (κ3) is 2.71. The smallest absolute Gasteiger partial charge is 0.354 e. The van der Waals surface area contributed by atoms with Crippen molar-refractivity contribution in [3.8, 4) is 5.88 Å². The molecule has 0 bridgehead atoms. The van der Waals surface area contributed by atoms with Gasteiger partial charge in [0.1, 0.15) is 4.90 Å². The van der Waals surface area contributed by atoms with Crippen LogP contribution >= 0.6 is 0 Å². The molecule has 1 atom stereocenters. The highest BCUT2D eigenvalue weighted by Gasteiger charge is 2.51. The molecule has 2 spiro atoms. The van der Waals surface area contributed by atoms with Crippen molar-refractivity contribution >= 4 is 21.6 Å². The highest BCUT2D eigenvalue weighted by Crippen LogP contribution is 2.58. The van der Waals surface area contributed by atoms with Gasteiger partial charge in [0.25, 0.3) is 0 Å². The minimum absolute atomic E-state index is 0.154. The maximum atomic E-state index is 13.3. The monoisotopic (exact) mass is 454 g/mol. The maximum absolute atomic E-state index is 13.3. The first kappa shape index (κ1) is 19.0. The number of nitrogens with zero attached hydrogens (tertiary/aromatic N) is 4. The summed E-state index contributed by atoms with van der Waals surface area (Å²) in [7, 11) is -3.49. The lowest BCUT2D eigenvalue weighted by Gasteiger charge is -2.24. The molecule has 4 aliphatic carbocycles. The predicted octanol–water partition coefficient (Wildman–Crippen LogP) is 2.85. The van der Waals surface area contributed by atoms with E-state index in [4.69, 9.17) is 14.9 Å². The van der Waals surface area contributed by atoms with Crippen molar-refractivity contribution < 1.29 is 13.7 Å². The third-order valence-electron chi connectivity index (χ3n) is 8.02. The van der Waals surface area contributed by atoms with Crippen LogP contribution in [0.1, 0.15) is 61.0 Å². The Morgan fingerprint density at radius 3 is 2.81 bits per heavy atom. The second kappa shape index (κ2) is 6.11. The quantitative estimate of drug-likeness (QED) is 0.722. The van der Waals surface area contributed by atoms with Gasteiger partial charge in [0.2, 0.25) is 5.88 Å². The molecule has 2 aromatic rings. The number of hydrogen-bond donors (Lipinski definition) is 2. The summed E-state index contributed by atoms with van der Waals surface area (Å²) in [6, 6.07) is -0.689. The summed E-state index contributed by atoms with van der Waals surface area (Å²) in [6.07, 6.45) is 10.9. The summed E-state index contributed by atoms with van der Waals surface area (Å²) in [4.78, 5) is 18.1. The first-order chi connectivity index (χ1) is 15.4. The molecule has 9 nitrogen and oxygen atoms in total. The first-order valence-corrected chi connectivity index (χ1v) is 13.1. The fourth-order valence-corrected chi connectivity index (χ4v) is 6.76. The lowest BCUT2D eigenvalue weighted by Crippen LogP contribution is -2.28. The molecule has 168 valence electrons. The number of hydrogen-bond acceptors (Lipinski definition) is 5. The van der Waals surface area contributed by atoms with Crippen molar-refractivity contribution in [2.45, 2.75) is 74.6 Å². The van der Waals surface area contributed by atoms with E-state index in [0.29, 0.717) is 12.5 Å². The van der Waals surface area contributed by atoms with Gasteiger partial charge in [-0.05, 0) is 68.9 Å². The van der Waals surface area contributed by atoms with Crippen LogP contribution in [0, 0.1) is 5.41 Å². The Bertz CT molecular complexity index is 1310. The van der Waals surface area contributed by atoms with Crippen molar-refractivity contribution in [3.05, 3.63) is 28.7 Å². The number of pyridine rings is 1. The summed E-state index contributed by atoms with van der Waals surface area (Å²) in [5, 5.41) is 13.3. The van der Waals surface area contributed by atoms with Crippen molar-refractivity contribution in [3.63, 3.8) is 0 Å². The molecular formula is C22H26N6O3S. The van der Waals surface area contributed by atoms with E-state index in [-0.39, 0.29) is 15.7 Å². The average Bonchev–Trinajstić information content (AvgIpc) is 3.51. The van der Waals surface area contributed by atoms with Crippen LogP contribution in [0.3, 0.4) is 0 Å². The van der Waals surface area contributed by atoms with Gasteiger partial charge in [-0.3, -0.25) is 4.98 Å². The molecule has 1 aliphatic heterocycles. The third-order valence-corrected chi connectivity index (χ3v) is 9.36. The van der Waals surface area contributed by atoms with Crippen molar-refractivity contribution in [1.82, 2.24) is 14.8 Å². The van der Waals surface area contributed by atoms with Gasteiger partial charge in [0, 0.05) is 16.5 Å². The Labute approximate surface area is 186 Å². The lowest BCUT2D eigenvalue weighted by atomic mass is 10.0. The molecule has 32 heavy (non-hydrogen) atoms. The SMILES string of the molecule is NS(=O)(=NC(=O)Nc1c2c(nc3c1CCC31CC1)CCC2)c1cnn2c1OCC1(CC1)C2. The van der Waals surface area contributed by atoms with E-state index in [9.17, 15) is 9.00 Å². The second-order valence-electron chi connectivity index (χ2n) is 10.2. The zero-order valence-corrected chi connectivity index (χ0v) is 18.7. The molecule has 2 amide bonds. The van der Waals surface area contributed by atoms with Gasteiger partial charge in [-0.25, -0.2) is 18.8 Å². The molecule has 0 radical (unpaired) electrons. The number of fused-ring (bicyclic) bond motifs is 4. The minimum Gasteiger partial charge on any atom is -0.476 e. The van der Waals surface area contributed by atoms with Crippen LogP contribution in [0.15, 0.2) is 15.5 Å². The van der Waals surface area contributed by atoms with Crippen LogP contribution in [0.25, 0.3) is 0 Å². The molecule has 7 rings (SSSR count). The molecular weight excluding hydrogens is 428 g/mol. The number of ether oxygens (including phenoxy) is 1. The van der Waals surface area contributed by atoms with Crippen LogP contribution in [0.2, 0.25) is 0 Å². The highest BCUT2D eigenvalue weighted by atomic mass is 32.2. The number of amides is 2. The zero-order chi connectivity index (χ0) is 21.7. The van der Waals surface area contributed by atoms with Gasteiger partial charge in [0.05, 0.1) is 30.7 Å². The van der Waals surface area contributed by atoms with Gasteiger partial charge < -0.3 is 10.1 Å². The maximum Gasteiger partial charge on any atom is 0.354 e. The Kier molecular flexibility index (Phi) is 3.63. The van der Waals surface area contributed by atoms with Gasteiger partial charge in [0.15, 0.2) is 9.92 Å². The van der Waals surface area contributed by atoms with E-state index in [1.54, 1.807) is 4.68 Å². The second-order valence-corrected chi connectivity index (χ2v) is 12.0.